The number of para-hydroxylation sites is 1. The van der Waals surface area contributed by atoms with Crippen LogP contribution in [0, 0.1) is 0 Å². The summed E-state index contributed by atoms with van der Waals surface area (Å²) in [4.78, 5) is 15.9. The topological polar surface area (TPSA) is 30.0 Å². The van der Waals surface area contributed by atoms with Crippen LogP contribution in [0.15, 0.2) is 24.3 Å². The largest absolute Gasteiger partial charge is 0.298 e. The van der Waals surface area contributed by atoms with Crippen LogP contribution in [0.4, 0.5) is 0 Å². The predicted octanol–water partition coefficient (Wildman–Crippen LogP) is 3.73. The molecule has 0 saturated carbocycles. The summed E-state index contributed by atoms with van der Waals surface area (Å²) >= 11 is 0. The van der Waals surface area contributed by atoms with E-state index in [9.17, 15) is 4.79 Å². The number of carbonyl (C=O) groups excluding carboxylic acids is 1. The molecule has 2 nitrogen and oxygen atoms in total. The summed E-state index contributed by atoms with van der Waals surface area (Å²) in [5.41, 5.74) is 3.80. The van der Waals surface area contributed by atoms with Crippen molar-refractivity contribution in [2.75, 3.05) is 0 Å². The number of benzene rings is 1. The van der Waals surface area contributed by atoms with Gasteiger partial charge in [0.25, 0.3) is 0 Å². The van der Waals surface area contributed by atoms with Crippen molar-refractivity contribution in [3.63, 3.8) is 0 Å². The zero-order chi connectivity index (χ0) is 12.4. The van der Waals surface area contributed by atoms with Gasteiger partial charge in [0.15, 0.2) is 6.29 Å². The van der Waals surface area contributed by atoms with Crippen molar-refractivity contribution in [1.29, 1.82) is 0 Å². The zero-order valence-electron chi connectivity index (χ0n) is 10.5. The number of aryl methyl sites for hydroxylation is 1. The molecule has 2 rings (SSSR count). The van der Waals surface area contributed by atoms with Gasteiger partial charge < -0.3 is 0 Å². The smallest absolute Gasteiger partial charge is 0.152 e. The molecule has 0 fully saturated rings. The van der Waals surface area contributed by atoms with Gasteiger partial charge in [-0.2, -0.15) is 0 Å². The van der Waals surface area contributed by atoms with E-state index >= 15 is 0 Å². The van der Waals surface area contributed by atoms with Crippen molar-refractivity contribution in [2.24, 2.45) is 0 Å². The van der Waals surface area contributed by atoms with Gasteiger partial charge in [-0.1, -0.05) is 39.0 Å². The molecule has 1 heterocycles. The molecule has 0 amide bonds. The second kappa shape index (κ2) is 4.66. The van der Waals surface area contributed by atoms with E-state index in [0.29, 0.717) is 5.92 Å². The Labute approximate surface area is 102 Å². The van der Waals surface area contributed by atoms with Crippen molar-refractivity contribution >= 4 is 17.2 Å². The van der Waals surface area contributed by atoms with Gasteiger partial charge in [-0.3, -0.25) is 9.78 Å². The highest BCUT2D eigenvalue weighted by Gasteiger charge is 2.15. The second-order valence-electron chi connectivity index (χ2n) is 4.53. The average Bonchev–Trinajstić information content (AvgIpc) is 2.35. The van der Waals surface area contributed by atoms with Gasteiger partial charge in [-0.05, 0) is 24.0 Å². The number of nitrogens with zero attached hydrogens (tertiary/aromatic N) is 1. The molecule has 0 spiro atoms. The zero-order valence-corrected chi connectivity index (χ0v) is 10.5. The molecular formula is C15H17NO. The van der Waals surface area contributed by atoms with Gasteiger partial charge in [0, 0.05) is 10.9 Å². The van der Waals surface area contributed by atoms with Gasteiger partial charge >= 0.3 is 0 Å². The summed E-state index contributed by atoms with van der Waals surface area (Å²) in [6.45, 7) is 6.27. The fourth-order valence-corrected chi connectivity index (χ4v) is 2.33. The van der Waals surface area contributed by atoms with E-state index in [2.05, 4.69) is 18.8 Å². The summed E-state index contributed by atoms with van der Waals surface area (Å²) in [6, 6.07) is 8.04. The van der Waals surface area contributed by atoms with Crippen molar-refractivity contribution in [3.05, 3.63) is 41.1 Å². The van der Waals surface area contributed by atoms with Crippen molar-refractivity contribution in [2.45, 2.75) is 33.1 Å². The maximum atomic E-state index is 11.3. The molecule has 0 atom stereocenters. The molecule has 0 bridgehead atoms. The average molecular weight is 227 g/mol. The Balaban J connectivity index is 2.90. The number of carbonyl (C=O) groups is 1. The Bertz CT molecular complexity index is 558. The molecule has 2 aromatic rings. The molecule has 0 aliphatic heterocycles. The lowest BCUT2D eigenvalue weighted by Gasteiger charge is -2.15. The van der Waals surface area contributed by atoms with Gasteiger partial charge in [-0.25, -0.2) is 0 Å². The van der Waals surface area contributed by atoms with Crippen molar-refractivity contribution in [3.8, 4) is 0 Å². The van der Waals surface area contributed by atoms with Crippen LogP contribution in [-0.2, 0) is 6.42 Å². The SMILES string of the molecule is CCc1nc2ccccc2c(C(C)C)c1C=O. The summed E-state index contributed by atoms with van der Waals surface area (Å²) < 4.78 is 0. The Hall–Kier alpha value is -1.70. The lowest BCUT2D eigenvalue weighted by atomic mass is 9.92. The Kier molecular flexibility index (Phi) is 3.23. The minimum atomic E-state index is 0.327. The van der Waals surface area contributed by atoms with Crippen molar-refractivity contribution < 1.29 is 4.79 Å². The molecule has 0 radical (unpaired) electrons. The van der Waals surface area contributed by atoms with E-state index in [0.717, 1.165) is 40.4 Å². The molecule has 0 saturated heterocycles. The molecule has 1 aromatic heterocycles. The quantitative estimate of drug-likeness (QED) is 0.748. The van der Waals surface area contributed by atoms with Crippen LogP contribution in [0.25, 0.3) is 10.9 Å². The summed E-state index contributed by atoms with van der Waals surface area (Å²) in [5.74, 6) is 0.327. The number of aldehydes is 1. The third kappa shape index (κ3) is 1.95. The molecule has 0 unspecified atom stereocenters. The first-order valence-electron chi connectivity index (χ1n) is 6.05. The number of aromatic nitrogens is 1. The summed E-state index contributed by atoms with van der Waals surface area (Å²) in [7, 11) is 0. The highest BCUT2D eigenvalue weighted by molar-refractivity contribution is 5.92. The number of rotatable bonds is 3. The van der Waals surface area contributed by atoms with Crippen LogP contribution < -0.4 is 0 Å². The second-order valence-corrected chi connectivity index (χ2v) is 4.53. The summed E-state index contributed by atoms with van der Waals surface area (Å²) in [5, 5.41) is 1.10. The third-order valence-corrected chi connectivity index (χ3v) is 3.08. The molecule has 0 aliphatic carbocycles. The van der Waals surface area contributed by atoms with Crippen molar-refractivity contribution in [1.82, 2.24) is 4.98 Å². The summed E-state index contributed by atoms with van der Waals surface area (Å²) in [6.07, 6.45) is 1.74. The van der Waals surface area contributed by atoms with Crippen LogP contribution >= 0.6 is 0 Å². The van der Waals surface area contributed by atoms with E-state index < -0.39 is 0 Å². The maximum absolute atomic E-state index is 11.3. The minimum absolute atomic E-state index is 0.327. The normalized spacial score (nSPS) is 11.1. The Morgan fingerprint density at radius 2 is 2.00 bits per heavy atom. The van der Waals surface area contributed by atoms with Gasteiger partial charge in [0.05, 0.1) is 11.2 Å². The third-order valence-electron chi connectivity index (χ3n) is 3.08. The van der Waals surface area contributed by atoms with E-state index in [4.69, 9.17) is 0 Å². The molecule has 1 aromatic carbocycles. The minimum Gasteiger partial charge on any atom is -0.298 e. The number of hydrogen-bond acceptors (Lipinski definition) is 2. The van der Waals surface area contributed by atoms with Gasteiger partial charge in [0.1, 0.15) is 0 Å². The Morgan fingerprint density at radius 3 is 2.59 bits per heavy atom. The van der Waals surface area contributed by atoms with Gasteiger partial charge in [0.2, 0.25) is 0 Å². The first kappa shape index (κ1) is 11.8. The lowest BCUT2D eigenvalue weighted by molar-refractivity contribution is 0.112. The first-order chi connectivity index (χ1) is 8.19. The van der Waals surface area contributed by atoms with Crippen LogP contribution in [0.3, 0.4) is 0 Å². The van der Waals surface area contributed by atoms with Crippen LogP contribution in [0.1, 0.15) is 48.3 Å². The molecule has 2 heteroatoms. The van der Waals surface area contributed by atoms with E-state index in [1.807, 2.05) is 31.2 Å². The number of fused-ring (bicyclic) bond motifs is 1. The molecule has 0 N–H and O–H groups in total. The number of pyridine rings is 1. The van der Waals surface area contributed by atoms with E-state index in [1.165, 1.54) is 0 Å². The maximum Gasteiger partial charge on any atom is 0.152 e. The highest BCUT2D eigenvalue weighted by atomic mass is 16.1. The molecule has 17 heavy (non-hydrogen) atoms. The van der Waals surface area contributed by atoms with Crippen LogP contribution in [0.2, 0.25) is 0 Å². The van der Waals surface area contributed by atoms with Crippen LogP contribution in [0.5, 0.6) is 0 Å². The monoisotopic (exact) mass is 227 g/mol. The van der Waals surface area contributed by atoms with E-state index in [-0.39, 0.29) is 0 Å². The lowest BCUT2D eigenvalue weighted by Crippen LogP contribution is -2.04. The molecular weight excluding hydrogens is 210 g/mol. The fourth-order valence-electron chi connectivity index (χ4n) is 2.33. The van der Waals surface area contributed by atoms with E-state index in [1.54, 1.807) is 0 Å². The first-order valence-corrected chi connectivity index (χ1v) is 6.05. The highest BCUT2D eigenvalue weighted by Crippen LogP contribution is 2.29. The number of hydrogen-bond donors (Lipinski definition) is 0. The standard InChI is InChI=1S/C15H17NO/c1-4-13-12(9-17)15(10(2)3)11-7-5-6-8-14(11)16-13/h5-10H,4H2,1-3H3. The Morgan fingerprint density at radius 1 is 1.29 bits per heavy atom. The van der Waals surface area contributed by atoms with Crippen LogP contribution in [-0.4, -0.2) is 11.3 Å². The fraction of sp³-hybridized carbons (Fsp3) is 0.333. The predicted molar refractivity (Wildman–Crippen MR) is 70.6 cm³/mol. The molecule has 88 valence electrons. The van der Waals surface area contributed by atoms with Gasteiger partial charge in [-0.15, -0.1) is 0 Å². The molecule has 0 aliphatic rings.